The van der Waals surface area contributed by atoms with Gasteiger partial charge in [-0.15, -0.1) is 0 Å². The number of carbonyl (C=O) groups is 1. The van der Waals surface area contributed by atoms with Gasteiger partial charge in [-0.2, -0.15) is 0 Å². The summed E-state index contributed by atoms with van der Waals surface area (Å²) in [5.74, 6) is -3.30. The van der Waals surface area contributed by atoms with Crippen LogP contribution in [-0.4, -0.2) is 28.4 Å². The minimum atomic E-state index is -1.28. The fourth-order valence-corrected chi connectivity index (χ4v) is 1.46. The molecule has 0 spiro atoms. The van der Waals surface area contributed by atoms with E-state index in [0.717, 1.165) is 12.1 Å². The monoisotopic (exact) mass is 253 g/mol. The highest BCUT2D eigenvalue weighted by molar-refractivity contribution is 5.86. The highest BCUT2D eigenvalue weighted by atomic mass is 19.1. The van der Waals surface area contributed by atoms with Crippen molar-refractivity contribution in [3.63, 3.8) is 0 Å². The maximum Gasteiger partial charge on any atom is 0.374 e. The van der Waals surface area contributed by atoms with E-state index in [2.05, 4.69) is 9.68 Å². The van der Waals surface area contributed by atoms with Crippen molar-refractivity contribution in [2.75, 3.05) is 7.11 Å². The molecule has 0 atom stereocenters. The second-order valence-corrected chi connectivity index (χ2v) is 3.36. The predicted molar refractivity (Wildman–Crippen MR) is 57.1 cm³/mol. The first-order chi connectivity index (χ1) is 8.54. The van der Waals surface area contributed by atoms with Crippen LogP contribution in [0.1, 0.15) is 10.6 Å². The van der Waals surface area contributed by atoms with E-state index in [-0.39, 0.29) is 22.8 Å². The summed E-state index contributed by atoms with van der Waals surface area (Å²) in [4.78, 5) is 10.6. The zero-order valence-corrected chi connectivity index (χ0v) is 9.18. The number of phenolic OH excluding ortho intramolecular Hbond substituents is 1. The molecule has 6 nitrogen and oxygen atoms in total. The van der Waals surface area contributed by atoms with Gasteiger partial charge < -0.3 is 19.5 Å². The molecule has 0 unspecified atom stereocenters. The molecule has 0 aliphatic rings. The molecule has 0 fully saturated rings. The number of hydrogen-bond acceptors (Lipinski definition) is 5. The van der Waals surface area contributed by atoms with Crippen molar-refractivity contribution in [1.29, 1.82) is 0 Å². The number of methoxy groups -OCH3 is 1. The first-order valence-corrected chi connectivity index (χ1v) is 4.80. The fourth-order valence-electron chi connectivity index (χ4n) is 1.46. The number of rotatable bonds is 3. The van der Waals surface area contributed by atoms with E-state index in [9.17, 15) is 14.3 Å². The van der Waals surface area contributed by atoms with E-state index < -0.39 is 17.5 Å². The molecule has 1 heterocycles. The van der Waals surface area contributed by atoms with Crippen molar-refractivity contribution < 1.29 is 28.7 Å². The molecule has 7 heteroatoms. The van der Waals surface area contributed by atoms with E-state index in [1.807, 2.05) is 0 Å². The molecule has 0 saturated carbocycles. The molecule has 18 heavy (non-hydrogen) atoms. The zero-order chi connectivity index (χ0) is 13.3. The molecule has 0 bridgehead atoms. The molecule has 0 amide bonds. The summed E-state index contributed by atoms with van der Waals surface area (Å²) in [5.41, 5.74) is 0.354. The largest absolute Gasteiger partial charge is 0.502 e. The first-order valence-electron chi connectivity index (χ1n) is 4.80. The lowest BCUT2D eigenvalue weighted by Gasteiger charge is -2.08. The van der Waals surface area contributed by atoms with Gasteiger partial charge >= 0.3 is 5.97 Å². The summed E-state index contributed by atoms with van der Waals surface area (Å²) < 4.78 is 22.6. The van der Waals surface area contributed by atoms with Gasteiger partial charge in [0.05, 0.1) is 7.11 Å². The maximum absolute atomic E-state index is 13.1. The van der Waals surface area contributed by atoms with Gasteiger partial charge in [-0.3, -0.25) is 0 Å². The number of halogens is 1. The topological polar surface area (TPSA) is 92.8 Å². The molecule has 1 aromatic heterocycles. The van der Waals surface area contributed by atoms with Gasteiger partial charge in [-0.25, -0.2) is 9.18 Å². The summed E-state index contributed by atoms with van der Waals surface area (Å²) in [7, 11) is 1.25. The SMILES string of the molecule is COc1c(-c2cc(C(=O)O)on2)ccc(F)c1O. The van der Waals surface area contributed by atoms with Crippen LogP contribution in [0.15, 0.2) is 22.7 Å². The van der Waals surface area contributed by atoms with Gasteiger partial charge in [-0.1, -0.05) is 5.16 Å². The molecule has 2 rings (SSSR count). The zero-order valence-electron chi connectivity index (χ0n) is 9.18. The Balaban J connectivity index is 2.56. The third-order valence-corrected chi connectivity index (χ3v) is 2.28. The maximum atomic E-state index is 13.1. The number of carboxylic acids is 1. The van der Waals surface area contributed by atoms with Crippen LogP contribution in [0.2, 0.25) is 0 Å². The van der Waals surface area contributed by atoms with Gasteiger partial charge in [-0.05, 0) is 12.1 Å². The molecule has 94 valence electrons. The van der Waals surface area contributed by atoms with Crippen molar-refractivity contribution in [1.82, 2.24) is 5.16 Å². The standard InChI is InChI=1S/C11H8FNO5/c1-17-10-5(2-3-6(12)9(10)14)7-4-8(11(15)16)18-13-7/h2-4,14H,1H3,(H,15,16). The summed E-state index contributed by atoms with van der Waals surface area (Å²) in [6.45, 7) is 0. The average molecular weight is 253 g/mol. The van der Waals surface area contributed by atoms with Crippen molar-refractivity contribution >= 4 is 5.97 Å². The predicted octanol–water partition coefficient (Wildman–Crippen LogP) is 1.89. The lowest BCUT2D eigenvalue weighted by atomic mass is 10.1. The van der Waals surface area contributed by atoms with Gasteiger partial charge in [0.1, 0.15) is 5.69 Å². The second kappa shape index (κ2) is 4.36. The number of aromatic nitrogens is 1. The number of phenols is 1. The van der Waals surface area contributed by atoms with Crippen LogP contribution in [0.3, 0.4) is 0 Å². The fraction of sp³-hybridized carbons (Fsp3) is 0.0909. The number of aromatic hydroxyl groups is 1. The van der Waals surface area contributed by atoms with Crippen LogP contribution in [0.25, 0.3) is 11.3 Å². The molecule has 0 radical (unpaired) electrons. The number of hydrogen-bond donors (Lipinski definition) is 2. The lowest BCUT2D eigenvalue weighted by molar-refractivity contribution is 0.0652. The van der Waals surface area contributed by atoms with Crippen LogP contribution < -0.4 is 4.74 Å². The number of benzene rings is 1. The van der Waals surface area contributed by atoms with Crippen molar-refractivity contribution in [3.8, 4) is 22.8 Å². The number of nitrogens with zero attached hydrogens (tertiary/aromatic N) is 1. The summed E-state index contributed by atoms with van der Waals surface area (Å²) in [6.07, 6.45) is 0. The van der Waals surface area contributed by atoms with Gasteiger partial charge in [0.2, 0.25) is 5.76 Å². The Kier molecular flexibility index (Phi) is 2.88. The first kappa shape index (κ1) is 11.9. The molecule has 2 N–H and O–H groups in total. The third kappa shape index (κ3) is 1.86. The Morgan fingerprint density at radius 3 is 2.78 bits per heavy atom. The number of carboxylic acid groups (broad SMARTS) is 1. The third-order valence-electron chi connectivity index (χ3n) is 2.28. The lowest BCUT2D eigenvalue weighted by Crippen LogP contribution is -1.92. The minimum absolute atomic E-state index is 0.125. The molecule has 0 saturated heterocycles. The van der Waals surface area contributed by atoms with Crippen LogP contribution in [-0.2, 0) is 0 Å². The van der Waals surface area contributed by atoms with Crippen molar-refractivity contribution in [3.05, 3.63) is 29.8 Å². The molecule has 1 aromatic carbocycles. The highest BCUT2D eigenvalue weighted by Gasteiger charge is 2.19. The Bertz CT molecular complexity index is 607. The van der Waals surface area contributed by atoms with Gasteiger partial charge in [0.15, 0.2) is 17.3 Å². The minimum Gasteiger partial charge on any atom is -0.502 e. The summed E-state index contributed by atoms with van der Waals surface area (Å²) >= 11 is 0. The van der Waals surface area contributed by atoms with E-state index in [0.29, 0.717) is 0 Å². The Morgan fingerprint density at radius 2 is 2.22 bits per heavy atom. The van der Waals surface area contributed by atoms with E-state index in [1.165, 1.54) is 13.2 Å². The quantitative estimate of drug-likeness (QED) is 0.867. The van der Waals surface area contributed by atoms with E-state index in [1.54, 1.807) is 0 Å². The molecule has 2 aromatic rings. The number of ether oxygens (including phenoxy) is 1. The Morgan fingerprint density at radius 1 is 1.50 bits per heavy atom. The van der Waals surface area contributed by atoms with Crippen molar-refractivity contribution in [2.45, 2.75) is 0 Å². The second-order valence-electron chi connectivity index (χ2n) is 3.36. The van der Waals surface area contributed by atoms with E-state index in [4.69, 9.17) is 9.84 Å². The Labute approximate surface area is 100 Å². The normalized spacial score (nSPS) is 10.3. The molecular weight excluding hydrogens is 245 g/mol. The van der Waals surface area contributed by atoms with E-state index >= 15 is 0 Å². The van der Waals surface area contributed by atoms with Gasteiger partial charge in [0.25, 0.3) is 0 Å². The smallest absolute Gasteiger partial charge is 0.374 e. The van der Waals surface area contributed by atoms with Crippen LogP contribution in [0.4, 0.5) is 4.39 Å². The highest BCUT2D eigenvalue weighted by Crippen LogP contribution is 2.38. The Hall–Kier alpha value is -2.57. The number of aromatic carboxylic acids is 1. The van der Waals surface area contributed by atoms with Crippen LogP contribution >= 0.6 is 0 Å². The van der Waals surface area contributed by atoms with Gasteiger partial charge in [0, 0.05) is 11.6 Å². The average Bonchev–Trinajstić information content (AvgIpc) is 2.82. The summed E-state index contributed by atoms with van der Waals surface area (Å²) in [5, 5.41) is 21.7. The molecule has 0 aliphatic heterocycles. The summed E-state index contributed by atoms with van der Waals surface area (Å²) in [6, 6.07) is 3.47. The molecule has 0 aliphatic carbocycles. The van der Waals surface area contributed by atoms with Crippen LogP contribution in [0.5, 0.6) is 11.5 Å². The molecular formula is C11H8FNO5. The van der Waals surface area contributed by atoms with Crippen LogP contribution in [0, 0.1) is 5.82 Å². The van der Waals surface area contributed by atoms with Crippen molar-refractivity contribution in [2.24, 2.45) is 0 Å².